The van der Waals surface area contributed by atoms with Crippen molar-refractivity contribution in [1.82, 2.24) is 15.1 Å². The van der Waals surface area contributed by atoms with Crippen LogP contribution < -0.4 is 0 Å². The van der Waals surface area contributed by atoms with Gasteiger partial charge in [-0.15, -0.1) is 11.3 Å². The van der Waals surface area contributed by atoms with Crippen LogP contribution in [0.25, 0.3) is 0 Å². The van der Waals surface area contributed by atoms with Gasteiger partial charge < -0.3 is 9.84 Å². The van der Waals surface area contributed by atoms with Gasteiger partial charge in [0.2, 0.25) is 0 Å². The van der Waals surface area contributed by atoms with Gasteiger partial charge >= 0.3 is 0 Å². The standard InChI is InChI=1S/C14H19N3O2S/c18-13(14-2-1-7-20-14)8-12-10-19-6-5-17(12)9-11-3-4-15-16-11/h1-4,7,12-13,18H,5-6,8-10H2,(H,15,16). The monoisotopic (exact) mass is 293 g/mol. The smallest absolute Gasteiger partial charge is 0.0897 e. The van der Waals surface area contributed by atoms with Crippen LogP contribution in [0.5, 0.6) is 0 Å². The van der Waals surface area contributed by atoms with Crippen LogP contribution in [-0.4, -0.2) is 46.0 Å². The minimum absolute atomic E-state index is 0.240. The Bertz CT molecular complexity index is 500. The molecule has 1 aliphatic rings. The van der Waals surface area contributed by atoms with Gasteiger partial charge in [0.15, 0.2) is 0 Å². The van der Waals surface area contributed by atoms with E-state index in [9.17, 15) is 5.11 Å². The van der Waals surface area contributed by atoms with Crippen molar-refractivity contribution in [2.24, 2.45) is 0 Å². The molecule has 1 aliphatic heterocycles. The lowest BCUT2D eigenvalue weighted by atomic mass is 10.1. The average molecular weight is 293 g/mol. The molecule has 0 bridgehead atoms. The third-order valence-electron chi connectivity index (χ3n) is 3.65. The molecule has 1 saturated heterocycles. The Hall–Kier alpha value is -1.21. The van der Waals surface area contributed by atoms with E-state index in [0.717, 1.165) is 30.3 Å². The first-order valence-electron chi connectivity index (χ1n) is 6.84. The molecule has 2 unspecified atom stereocenters. The number of morpholine rings is 1. The summed E-state index contributed by atoms with van der Waals surface area (Å²) < 4.78 is 5.57. The number of H-pyrrole nitrogens is 1. The van der Waals surface area contributed by atoms with Crippen molar-refractivity contribution in [2.45, 2.75) is 25.1 Å². The van der Waals surface area contributed by atoms with Crippen molar-refractivity contribution in [3.8, 4) is 0 Å². The molecule has 5 nitrogen and oxygen atoms in total. The third kappa shape index (κ3) is 3.27. The van der Waals surface area contributed by atoms with Crippen LogP contribution in [0.15, 0.2) is 29.8 Å². The third-order valence-corrected chi connectivity index (χ3v) is 4.62. The summed E-state index contributed by atoms with van der Waals surface area (Å²) in [6.07, 6.45) is 2.06. The van der Waals surface area contributed by atoms with E-state index in [1.807, 2.05) is 23.6 Å². The molecule has 108 valence electrons. The fraction of sp³-hybridized carbons (Fsp3) is 0.500. The highest BCUT2D eigenvalue weighted by Gasteiger charge is 2.26. The summed E-state index contributed by atoms with van der Waals surface area (Å²) in [5.74, 6) is 0. The van der Waals surface area contributed by atoms with E-state index >= 15 is 0 Å². The van der Waals surface area contributed by atoms with Crippen molar-refractivity contribution in [2.75, 3.05) is 19.8 Å². The summed E-state index contributed by atoms with van der Waals surface area (Å²) in [5, 5.41) is 19.3. The first kappa shape index (κ1) is 13.8. The van der Waals surface area contributed by atoms with Crippen molar-refractivity contribution in [3.63, 3.8) is 0 Å². The van der Waals surface area contributed by atoms with Crippen LogP contribution in [0, 0.1) is 0 Å². The zero-order chi connectivity index (χ0) is 13.8. The Morgan fingerprint density at radius 1 is 1.55 bits per heavy atom. The van der Waals surface area contributed by atoms with Gasteiger partial charge in [-0.3, -0.25) is 10.00 Å². The predicted octanol–water partition coefficient (Wildman–Crippen LogP) is 1.80. The van der Waals surface area contributed by atoms with Crippen molar-refractivity contribution >= 4 is 11.3 Å². The highest BCUT2D eigenvalue weighted by Crippen LogP contribution is 2.26. The number of aromatic nitrogens is 2. The van der Waals surface area contributed by atoms with Gasteiger partial charge in [0.25, 0.3) is 0 Å². The molecule has 0 amide bonds. The molecule has 0 aliphatic carbocycles. The second kappa shape index (κ2) is 6.49. The molecular formula is C14H19N3O2S. The fourth-order valence-electron chi connectivity index (χ4n) is 2.56. The maximum absolute atomic E-state index is 10.3. The molecule has 1 fully saturated rings. The molecule has 0 saturated carbocycles. The minimum atomic E-state index is -0.411. The maximum atomic E-state index is 10.3. The number of hydrogen-bond acceptors (Lipinski definition) is 5. The summed E-state index contributed by atoms with van der Waals surface area (Å²) in [6, 6.07) is 6.19. The van der Waals surface area contributed by atoms with Crippen LogP contribution in [-0.2, 0) is 11.3 Å². The SMILES string of the molecule is OC(CC1COCCN1Cc1ccn[nH]1)c1cccs1. The van der Waals surface area contributed by atoms with Crippen LogP contribution in [0.1, 0.15) is 23.1 Å². The van der Waals surface area contributed by atoms with E-state index in [-0.39, 0.29) is 6.04 Å². The lowest BCUT2D eigenvalue weighted by Gasteiger charge is -2.36. The summed E-state index contributed by atoms with van der Waals surface area (Å²) in [6.45, 7) is 3.14. The number of aliphatic hydroxyl groups excluding tert-OH is 1. The number of aliphatic hydroxyl groups is 1. The van der Waals surface area contributed by atoms with E-state index < -0.39 is 6.10 Å². The Morgan fingerprint density at radius 2 is 2.50 bits per heavy atom. The van der Waals surface area contributed by atoms with Crippen molar-refractivity contribution < 1.29 is 9.84 Å². The number of ether oxygens (including phenoxy) is 1. The molecule has 2 aromatic rings. The van der Waals surface area contributed by atoms with Gasteiger partial charge in [0, 0.05) is 35.9 Å². The quantitative estimate of drug-likeness (QED) is 0.882. The van der Waals surface area contributed by atoms with Crippen molar-refractivity contribution in [1.29, 1.82) is 0 Å². The van der Waals surface area contributed by atoms with Gasteiger partial charge in [-0.25, -0.2) is 0 Å². The molecule has 0 aromatic carbocycles. The topological polar surface area (TPSA) is 61.4 Å². The van der Waals surface area contributed by atoms with Gasteiger partial charge in [0.1, 0.15) is 0 Å². The zero-order valence-corrected chi connectivity index (χ0v) is 12.1. The van der Waals surface area contributed by atoms with Gasteiger partial charge in [-0.1, -0.05) is 6.07 Å². The molecule has 2 atom stereocenters. The molecule has 0 radical (unpaired) electrons. The van der Waals surface area contributed by atoms with Crippen LogP contribution in [0.4, 0.5) is 0 Å². The molecule has 2 N–H and O–H groups in total. The molecule has 20 heavy (non-hydrogen) atoms. The molecule has 6 heteroatoms. The van der Waals surface area contributed by atoms with Crippen molar-refractivity contribution in [3.05, 3.63) is 40.3 Å². The number of rotatable bonds is 5. The number of nitrogens with one attached hydrogen (secondary N) is 1. The van der Waals surface area contributed by atoms with E-state index in [4.69, 9.17) is 4.74 Å². The van der Waals surface area contributed by atoms with Crippen LogP contribution >= 0.6 is 11.3 Å². The predicted molar refractivity (Wildman–Crippen MR) is 77.5 cm³/mol. The Morgan fingerprint density at radius 3 is 3.25 bits per heavy atom. The molecule has 0 spiro atoms. The summed E-state index contributed by atoms with van der Waals surface area (Å²) in [7, 11) is 0. The molecular weight excluding hydrogens is 274 g/mol. The molecule has 3 heterocycles. The van der Waals surface area contributed by atoms with Gasteiger partial charge in [-0.2, -0.15) is 5.10 Å². The van der Waals surface area contributed by atoms with Gasteiger partial charge in [-0.05, 0) is 23.9 Å². The highest BCUT2D eigenvalue weighted by atomic mass is 32.1. The van der Waals surface area contributed by atoms with Crippen LogP contribution in [0.2, 0.25) is 0 Å². The van der Waals surface area contributed by atoms with E-state index in [0.29, 0.717) is 13.0 Å². The van der Waals surface area contributed by atoms with E-state index in [1.165, 1.54) is 0 Å². The number of aromatic amines is 1. The first-order chi connectivity index (χ1) is 9.83. The fourth-order valence-corrected chi connectivity index (χ4v) is 3.29. The number of hydrogen-bond donors (Lipinski definition) is 2. The van der Waals surface area contributed by atoms with E-state index in [1.54, 1.807) is 17.5 Å². The second-order valence-electron chi connectivity index (χ2n) is 5.05. The lowest BCUT2D eigenvalue weighted by Crippen LogP contribution is -2.45. The largest absolute Gasteiger partial charge is 0.388 e. The highest BCUT2D eigenvalue weighted by molar-refractivity contribution is 7.10. The average Bonchev–Trinajstić information content (AvgIpc) is 3.13. The number of nitrogens with zero attached hydrogens (tertiary/aromatic N) is 2. The Kier molecular flexibility index (Phi) is 4.47. The normalized spacial score (nSPS) is 21.9. The summed E-state index contributed by atoms with van der Waals surface area (Å²) >= 11 is 1.60. The Labute approximate surface area is 122 Å². The summed E-state index contributed by atoms with van der Waals surface area (Å²) in [5.41, 5.74) is 1.10. The maximum Gasteiger partial charge on any atom is 0.0897 e. The first-order valence-corrected chi connectivity index (χ1v) is 7.72. The Balaban J connectivity index is 1.63. The van der Waals surface area contributed by atoms with Gasteiger partial charge in [0.05, 0.1) is 19.3 Å². The minimum Gasteiger partial charge on any atom is -0.388 e. The second-order valence-corrected chi connectivity index (χ2v) is 6.03. The van der Waals surface area contributed by atoms with Crippen LogP contribution in [0.3, 0.4) is 0 Å². The number of thiophene rings is 1. The lowest BCUT2D eigenvalue weighted by molar-refractivity contribution is -0.0301. The van der Waals surface area contributed by atoms with E-state index in [2.05, 4.69) is 15.1 Å². The molecule has 2 aromatic heterocycles. The molecule has 3 rings (SSSR count). The zero-order valence-electron chi connectivity index (χ0n) is 11.2. The summed E-state index contributed by atoms with van der Waals surface area (Å²) in [4.78, 5) is 3.38.